The number of nitrogens with zero attached hydrogens (tertiary/aromatic N) is 3. The lowest BCUT2D eigenvalue weighted by atomic mass is 9.95. The summed E-state index contributed by atoms with van der Waals surface area (Å²) in [6, 6.07) is 12.7. The van der Waals surface area contributed by atoms with Gasteiger partial charge in [0.25, 0.3) is 5.91 Å². The number of hydrogen-bond acceptors (Lipinski definition) is 5. The van der Waals surface area contributed by atoms with E-state index in [-0.39, 0.29) is 18.7 Å². The number of carbonyl (C=O) groups excluding carboxylic acids is 1. The van der Waals surface area contributed by atoms with Crippen LogP contribution in [0.4, 0.5) is 0 Å². The summed E-state index contributed by atoms with van der Waals surface area (Å²) in [4.78, 5) is 15.8. The van der Waals surface area contributed by atoms with Crippen LogP contribution >= 0.6 is 0 Å². The molecule has 32 heavy (non-hydrogen) atoms. The highest BCUT2D eigenvalue weighted by molar-refractivity contribution is 6.04. The first kappa shape index (κ1) is 21.0. The van der Waals surface area contributed by atoms with Crippen LogP contribution in [0.5, 0.6) is 11.5 Å². The van der Waals surface area contributed by atoms with Gasteiger partial charge < -0.3 is 9.47 Å². The average Bonchev–Trinajstić information content (AvgIpc) is 3.42. The Kier molecular flexibility index (Phi) is 5.64. The normalized spacial score (nSPS) is 22.8. The van der Waals surface area contributed by atoms with Crippen LogP contribution in [0.1, 0.15) is 60.9 Å². The van der Waals surface area contributed by atoms with E-state index < -0.39 is 0 Å². The Morgan fingerprint density at radius 3 is 2.75 bits per heavy atom. The SMILES string of the molecule is Cc1ccc(C2=NN(C(=O)CN3CCCCC3C)C(c3ccc4c(c3)OCO4)C2)c(C)c1. The fraction of sp³-hybridized carbons (Fsp3) is 0.462. The van der Waals surface area contributed by atoms with Crippen LogP contribution in [0.25, 0.3) is 0 Å². The van der Waals surface area contributed by atoms with Crippen molar-refractivity contribution in [3.63, 3.8) is 0 Å². The highest BCUT2D eigenvalue weighted by Crippen LogP contribution is 2.39. The average molecular weight is 434 g/mol. The molecule has 168 valence electrons. The number of piperidine rings is 1. The van der Waals surface area contributed by atoms with Crippen LogP contribution in [0, 0.1) is 13.8 Å². The number of ether oxygens (including phenoxy) is 2. The molecule has 3 heterocycles. The third kappa shape index (κ3) is 3.99. The van der Waals surface area contributed by atoms with E-state index in [1.807, 2.05) is 18.2 Å². The summed E-state index contributed by atoms with van der Waals surface area (Å²) in [6.07, 6.45) is 4.23. The fourth-order valence-corrected chi connectivity index (χ4v) is 5.06. The summed E-state index contributed by atoms with van der Waals surface area (Å²) >= 11 is 0. The van der Waals surface area contributed by atoms with Gasteiger partial charge >= 0.3 is 0 Å². The maximum absolute atomic E-state index is 13.5. The van der Waals surface area contributed by atoms with E-state index in [1.54, 1.807) is 5.01 Å². The van der Waals surface area contributed by atoms with Crippen molar-refractivity contribution in [2.45, 2.75) is 58.5 Å². The van der Waals surface area contributed by atoms with Crippen molar-refractivity contribution >= 4 is 11.6 Å². The van der Waals surface area contributed by atoms with Gasteiger partial charge in [-0.3, -0.25) is 9.69 Å². The second-order valence-corrected chi connectivity index (χ2v) is 9.25. The van der Waals surface area contributed by atoms with Crippen molar-refractivity contribution in [1.29, 1.82) is 0 Å². The molecule has 3 aliphatic rings. The largest absolute Gasteiger partial charge is 0.454 e. The van der Waals surface area contributed by atoms with Gasteiger partial charge in [-0.25, -0.2) is 5.01 Å². The molecule has 0 N–H and O–H groups in total. The highest BCUT2D eigenvalue weighted by atomic mass is 16.7. The number of hydrazone groups is 1. The molecule has 0 spiro atoms. The number of rotatable bonds is 4. The Morgan fingerprint density at radius 2 is 1.94 bits per heavy atom. The van der Waals surface area contributed by atoms with Crippen LogP contribution < -0.4 is 9.47 Å². The number of likely N-dealkylation sites (tertiary alicyclic amines) is 1. The summed E-state index contributed by atoms with van der Waals surface area (Å²) in [5, 5.41) is 6.61. The molecule has 0 aliphatic carbocycles. The molecule has 2 atom stereocenters. The zero-order chi connectivity index (χ0) is 22.2. The van der Waals surface area contributed by atoms with Crippen molar-refractivity contribution < 1.29 is 14.3 Å². The molecular weight excluding hydrogens is 402 g/mol. The van der Waals surface area contributed by atoms with Crippen LogP contribution in [0.2, 0.25) is 0 Å². The molecule has 0 aromatic heterocycles. The first-order chi connectivity index (χ1) is 15.5. The molecule has 6 nitrogen and oxygen atoms in total. The lowest BCUT2D eigenvalue weighted by molar-refractivity contribution is -0.135. The summed E-state index contributed by atoms with van der Waals surface area (Å²) in [5.74, 6) is 1.54. The van der Waals surface area contributed by atoms with E-state index >= 15 is 0 Å². The smallest absolute Gasteiger partial charge is 0.257 e. The van der Waals surface area contributed by atoms with Gasteiger partial charge in [-0.1, -0.05) is 36.2 Å². The number of benzene rings is 2. The van der Waals surface area contributed by atoms with Crippen molar-refractivity contribution in [3.8, 4) is 11.5 Å². The fourth-order valence-electron chi connectivity index (χ4n) is 5.06. The molecular formula is C26H31N3O3. The van der Waals surface area contributed by atoms with Crippen molar-refractivity contribution in [2.75, 3.05) is 19.9 Å². The molecule has 6 heteroatoms. The summed E-state index contributed by atoms with van der Waals surface area (Å²) in [7, 11) is 0. The van der Waals surface area contributed by atoms with E-state index in [4.69, 9.17) is 14.6 Å². The van der Waals surface area contributed by atoms with Gasteiger partial charge in [-0.05, 0) is 63.4 Å². The van der Waals surface area contributed by atoms with Crippen LogP contribution in [0.3, 0.4) is 0 Å². The minimum Gasteiger partial charge on any atom is -0.454 e. The molecule has 2 unspecified atom stereocenters. The number of carbonyl (C=O) groups is 1. The zero-order valence-electron chi connectivity index (χ0n) is 19.1. The number of amides is 1. The standard InChI is InChI=1S/C26H31N3O3/c1-17-7-9-21(18(2)12-17)22-14-23(20-8-10-24-25(13-20)32-16-31-24)29(27-22)26(30)15-28-11-5-4-6-19(28)3/h7-10,12-13,19,23H,4-6,11,14-16H2,1-3H3. The molecule has 2 aromatic rings. The topological polar surface area (TPSA) is 54.4 Å². The quantitative estimate of drug-likeness (QED) is 0.708. The van der Waals surface area contributed by atoms with Crippen molar-refractivity contribution in [2.24, 2.45) is 5.10 Å². The number of aryl methyl sites for hydroxylation is 2. The minimum absolute atomic E-state index is 0.0566. The van der Waals surface area contributed by atoms with Crippen molar-refractivity contribution in [3.05, 3.63) is 58.7 Å². The Hall–Kier alpha value is -2.86. The molecule has 0 radical (unpaired) electrons. The number of fused-ring (bicyclic) bond motifs is 1. The molecule has 5 rings (SSSR count). The lowest BCUT2D eigenvalue weighted by Crippen LogP contribution is -2.44. The first-order valence-electron chi connectivity index (χ1n) is 11.6. The Bertz CT molecular complexity index is 1060. The summed E-state index contributed by atoms with van der Waals surface area (Å²) in [6.45, 7) is 8.05. The number of hydrogen-bond donors (Lipinski definition) is 0. The maximum Gasteiger partial charge on any atom is 0.257 e. The predicted molar refractivity (Wildman–Crippen MR) is 124 cm³/mol. The Morgan fingerprint density at radius 1 is 1.09 bits per heavy atom. The van der Waals surface area contributed by atoms with E-state index in [1.165, 1.54) is 17.5 Å². The van der Waals surface area contributed by atoms with E-state index in [0.717, 1.165) is 47.7 Å². The Balaban J connectivity index is 1.46. The maximum atomic E-state index is 13.5. The lowest BCUT2D eigenvalue weighted by Gasteiger charge is -2.34. The molecule has 0 saturated carbocycles. The van der Waals surface area contributed by atoms with Gasteiger partial charge in [-0.2, -0.15) is 5.10 Å². The summed E-state index contributed by atoms with van der Waals surface area (Å²) < 4.78 is 11.1. The van der Waals surface area contributed by atoms with Gasteiger partial charge in [0.15, 0.2) is 11.5 Å². The minimum atomic E-state index is -0.146. The molecule has 3 aliphatic heterocycles. The molecule has 0 bridgehead atoms. The first-order valence-corrected chi connectivity index (χ1v) is 11.6. The van der Waals surface area contributed by atoms with Gasteiger partial charge in [0.05, 0.1) is 18.3 Å². The predicted octanol–water partition coefficient (Wildman–Crippen LogP) is 4.58. The monoisotopic (exact) mass is 433 g/mol. The molecule has 1 saturated heterocycles. The van der Waals surface area contributed by atoms with Gasteiger partial charge in [0.1, 0.15) is 0 Å². The highest BCUT2D eigenvalue weighted by Gasteiger charge is 2.35. The van der Waals surface area contributed by atoms with Crippen molar-refractivity contribution in [1.82, 2.24) is 9.91 Å². The van der Waals surface area contributed by atoms with E-state index in [9.17, 15) is 4.79 Å². The van der Waals surface area contributed by atoms with Gasteiger partial charge in [-0.15, -0.1) is 0 Å². The molecule has 1 amide bonds. The second-order valence-electron chi connectivity index (χ2n) is 9.25. The van der Waals surface area contributed by atoms with Gasteiger partial charge in [0.2, 0.25) is 6.79 Å². The Labute approximate surface area is 189 Å². The summed E-state index contributed by atoms with van der Waals surface area (Å²) in [5.41, 5.74) is 5.52. The zero-order valence-corrected chi connectivity index (χ0v) is 19.1. The second kappa shape index (κ2) is 8.58. The van der Waals surface area contributed by atoms with E-state index in [0.29, 0.717) is 19.0 Å². The molecule has 2 aromatic carbocycles. The van der Waals surface area contributed by atoms with Crippen LogP contribution in [-0.4, -0.2) is 47.5 Å². The molecule has 1 fully saturated rings. The van der Waals surface area contributed by atoms with E-state index in [2.05, 4.69) is 43.9 Å². The third-order valence-corrected chi connectivity index (χ3v) is 6.92. The van der Waals surface area contributed by atoms with Crippen LogP contribution in [-0.2, 0) is 4.79 Å². The van der Waals surface area contributed by atoms with Crippen LogP contribution in [0.15, 0.2) is 41.5 Å². The van der Waals surface area contributed by atoms with Gasteiger partial charge in [0, 0.05) is 18.0 Å². The third-order valence-electron chi connectivity index (χ3n) is 6.92.